The predicted molar refractivity (Wildman–Crippen MR) is 63.3 cm³/mol. The molecular weight excluding hydrogens is 194 g/mol. The molecule has 0 unspecified atom stereocenters. The number of thioether (sulfide) groups is 1. The highest BCUT2D eigenvalue weighted by molar-refractivity contribution is 7.99. The van der Waals surface area contributed by atoms with Crippen molar-refractivity contribution in [2.75, 3.05) is 29.1 Å². The molecule has 1 aromatic heterocycles. The second-order valence-electron chi connectivity index (χ2n) is 2.63. The molecular formula is C10H13N3S. The largest absolute Gasteiger partial charge is 0.384 e. The fourth-order valence-electron chi connectivity index (χ4n) is 0.932. The summed E-state index contributed by atoms with van der Waals surface area (Å²) < 4.78 is 0. The number of pyridine rings is 1. The molecule has 0 saturated heterocycles. The third kappa shape index (κ3) is 4.06. The topological polar surface area (TPSA) is 50.9 Å². The van der Waals surface area contributed by atoms with E-state index in [9.17, 15) is 0 Å². The maximum Gasteiger partial charge on any atom is 0.128 e. The van der Waals surface area contributed by atoms with Gasteiger partial charge in [0.15, 0.2) is 0 Å². The number of aromatic nitrogens is 1. The van der Waals surface area contributed by atoms with Gasteiger partial charge in [-0.25, -0.2) is 4.98 Å². The van der Waals surface area contributed by atoms with E-state index in [1.165, 1.54) is 0 Å². The van der Waals surface area contributed by atoms with Crippen molar-refractivity contribution in [2.24, 2.45) is 0 Å². The van der Waals surface area contributed by atoms with Gasteiger partial charge in [-0.2, -0.15) is 0 Å². The van der Waals surface area contributed by atoms with Crippen LogP contribution in [0.3, 0.4) is 0 Å². The van der Waals surface area contributed by atoms with Gasteiger partial charge in [0.25, 0.3) is 0 Å². The first-order valence-corrected chi connectivity index (χ1v) is 5.46. The van der Waals surface area contributed by atoms with E-state index in [-0.39, 0.29) is 0 Å². The van der Waals surface area contributed by atoms with Crippen molar-refractivity contribution in [3.8, 4) is 12.3 Å². The first-order chi connectivity index (χ1) is 6.83. The van der Waals surface area contributed by atoms with Gasteiger partial charge < -0.3 is 11.1 Å². The zero-order chi connectivity index (χ0) is 10.2. The van der Waals surface area contributed by atoms with Crippen molar-refractivity contribution in [3.05, 3.63) is 18.2 Å². The van der Waals surface area contributed by atoms with Crippen LogP contribution in [-0.2, 0) is 0 Å². The molecule has 0 amide bonds. The lowest BCUT2D eigenvalue weighted by Crippen LogP contribution is -2.06. The van der Waals surface area contributed by atoms with Crippen LogP contribution >= 0.6 is 11.8 Å². The molecule has 0 aliphatic carbocycles. The maximum atomic E-state index is 5.53. The Hall–Kier alpha value is -1.34. The quantitative estimate of drug-likeness (QED) is 0.566. The Morgan fingerprint density at radius 2 is 2.43 bits per heavy atom. The van der Waals surface area contributed by atoms with Crippen LogP contribution in [0.25, 0.3) is 0 Å². The van der Waals surface area contributed by atoms with E-state index in [1.54, 1.807) is 17.8 Å². The molecule has 0 fully saturated rings. The molecule has 0 bridgehead atoms. The van der Waals surface area contributed by atoms with Crippen LogP contribution in [0.4, 0.5) is 11.6 Å². The number of hydrogen-bond acceptors (Lipinski definition) is 4. The minimum Gasteiger partial charge on any atom is -0.384 e. The molecule has 0 aliphatic heterocycles. The minimum atomic E-state index is 0.534. The molecule has 3 nitrogen and oxygen atoms in total. The average molecular weight is 207 g/mol. The Labute approximate surface area is 88.5 Å². The molecule has 3 N–H and O–H groups in total. The Kier molecular flexibility index (Phi) is 4.73. The van der Waals surface area contributed by atoms with Crippen molar-refractivity contribution in [2.45, 2.75) is 0 Å². The number of terminal acetylenes is 1. The smallest absolute Gasteiger partial charge is 0.128 e. The Balaban J connectivity index is 2.22. The van der Waals surface area contributed by atoms with Crippen molar-refractivity contribution in [1.82, 2.24) is 4.98 Å². The van der Waals surface area contributed by atoms with E-state index in [1.807, 2.05) is 12.1 Å². The number of nitrogens with zero attached hydrogens (tertiary/aromatic N) is 1. The van der Waals surface area contributed by atoms with E-state index in [4.69, 9.17) is 12.2 Å². The summed E-state index contributed by atoms with van der Waals surface area (Å²) in [6.45, 7) is 0.850. The number of nitrogens with one attached hydrogen (secondary N) is 1. The number of nitrogen functional groups attached to an aromatic ring is 1. The normalized spacial score (nSPS) is 9.36. The summed E-state index contributed by atoms with van der Waals surface area (Å²) in [4.78, 5) is 4.11. The Morgan fingerprint density at radius 1 is 1.57 bits per heavy atom. The summed E-state index contributed by atoms with van der Waals surface area (Å²) in [7, 11) is 0. The van der Waals surface area contributed by atoms with Gasteiger partial charge in [0.1, 0.15) is 11.6 Å². The van der Waals surface area contributed by atoms with Crippen molar-refractivity contribution in [1.29, 1.82) is 0 Å². The first-order valence-electron chi connectivity index (χ1n) is 4.30. The SMILES string of the molecule is C#CCSCCNc1cccc(N)n1. The number of rotatable bonds is 5. The van der Waals surface area contributed by atoms with Crippen LogP contribution in [0.2, 0.25) is 0 Å². The second kappa shape index (κ2) is 6.17. The molecule has 1 heterocycles. The fourth-order valence-corrected chi connectivity index (χ4v) is 1.44. The highest BCUT2D eigenvalue weighted by Crippen LogP contribution is 2.06. The van der Waals surface area contributed by atoms with Crippen molar-refractivity contribution in [3.63, 3.8) is 0 Å². The van der Waals surface area contributed by atoms with Crippen molar-refractivity contribution < 1.29 is 0 Å². The number of anilines is 2. The molecule has 0 aromatic carbocycles. The number of hydrogen-bond donors (Lipinski definition) is 2. The van der Waals surface area contributed by atoms with E-state index >= 15 is 0 Å². The lowest BCUT2D eigenvalue weighted by Gasteiger charge is -2.04. The maximum absolute atomic E-state index is 5.53. The van der Waals surface area contributed by atoms with Crippen molar-refractivity contribution >= 4 is 23.4 Å². The van der Waals surface area contributed by atoms with Gasteiger partial charge in [-0.3, -0.25) is 0 Å². The monoisotopic (exact) mass is 207 g/mol. The highest BCUT2D eigenvalue weighted by Gasteiger charge is 1.93. The van der Waals surface area contributed by atoms with Crippen LogP contribution in [0.5, 0.6) is 0 Å². The van der Waals surface area contributed by atoms with Gasteiger partial charge in [0.2, 0.25) is 0 Å². The molecule has 0 saturated carbocycles. The summed E-state index contributed by atoms with van der Waals surface area (Å²) in [5, 5.41) is 3.16. The lowest BCUT2D eigenvalue weighted by atomic mass is 10.4. The van der Waals surface area contributed by atoms with E-state index in [2.05, 4.69) is 16.2 Å². The molecule has 0 atom stereocenters. The first kappa shape index (κ1) is 10.7. The summed E-state index contributed by atoms with van der Waals surface area (Å²) in [5.41, 5.74) is 5.53. The van der Waals surface area contributed by atoms with Gasteiger partial charge in [0, 0.05) is 12.3 Å². The molecule has 4 heteroatoms. The minimum absolute atomic E-state index is 0.534. The van der Waals surface area contributed by atoms with Gasteiger partial charge >= 0.3 is 0 Å². The second-order valence-corrected chi connectivity index (χ2v) is 3.74. The zero-order valence-corrected chi connectivity index (χ0v) is 8.68. The van der Waals surface area contributed by atoms with Crippen LogP contribution in [-0.4, -0.2) is 23.0 Å². The predicted octanol–water partition coefficient (Wildman–Crippen LogP) is 1.44. The standard InChI is InChI=1S/C10H13N3S/c1-2-7-14-8-6-12-10-5-3-4-9(11)13-10/h1,3-5H,6-8H2,(H3,11,12,13). The summed E-state index contributed by atoms with van der Waals surface area (Å²) in [5.74, 6) is 5.65. The molecule has 0 aliphatic rings. The summed E-state index contributed by atoms with van der Waals surface area (Å²) in [6.07, 6.45) is 5.12. The fraction of sp³-hybridized carbons (Fsp3) is 0.300. The van der Waals surface area contributed by atoms with Gasteiger partial charge in [-0.05, 0) is 12.1 Å². The third-order valence-electron chi connectivity index (χ3n) is 1.51. The summed E-state index contributed by atoms with van der Waals surface area (Å²) in [6, 6.07) is 5.53. The van der Waals surface area contributed by atoms with E-state index in [0.717, 1.165) is 23.9 Å². The Bertz CT molecular complexity index is 319. The van der Waals surface area contributed by atoms with Crippen LogP contribution in [0.1, 0.15) is 0 Å². The molecule has 14 heavy (non-hydrogen) atoms. The van der Waals surface area contributed by atoms with Crippen LogP contribution < -0.4 is 11.1 Å². The highest BCUT2D eigenvalue weighted by atomic mass is 32.2. The summed E-state index contributed by atoms with van der Waals surface area (Å²) >= 11 is 1.72. The van der Waals surface area contributed by atoms with Crippen LogP contribution in [0, 0.1) is 12.3 Å². The number of nitrogens with two attached hydrogens (primary N) is 1. The molecule has 1 aromatic rings. The third-order valence-corrected chi connectivity index (χ3v) is 2.37. The zero-order valence-electron chi connectivity index (χ0n) is 7.86. The molecule has 0 spiro atoms. The molecule has 0 radical (unpaired) electrons. The molecule has 74 valence electrons. The van der Waals surface area contributed by atoms with Gasteiger partial charge in [0.05, 0.1) is 5.75 Å². The van der Waals surface area contributed by atoms with Crippen LogP contribution in [0.15, 0.2) is 18.2 Å². The lowest BCUT2D eigenvalue weighted by molar-refractivity contribution is 1.17. The average Bonchev–Trinajstić information content (AvgIpc) is 2.18. The van der Waals surface area contributed by atoms with Gasteiger partial charge in [-0.15, -0.1) is 18.2 Å². The Morgan fingerprint density at radius 3 is 3.14 bits per heavy atom. The van der Waals surface area contributed by atoms with E-state index in [0.29, 0.717) is 5.82 Å². The molecule has 1 rings (SSSR count). The van der Waals surface area contributed by atoms with Gasteiger partial charge in [-0.1, -0.05) is 12.0 Å². The van der Waals surface area contributed by atoms with E-state index < -0.39 is 0 Å².